The molecule has 0 saturated carbocycles. The van der Waals surface area contributed by atoms with Gasteiger partial charge in [-0.1, -0.05) is 5.16 Å². The predicted octanol–water partition coefficient (Wildman–Crippen LogP) is 1.07. The molecule has 0 unspecified atom stereocenters. The zero-order valence-electron chi connectivity index (χ0n) is 14.4. The van der Waals surface area contributed by atoms with Gasteiger partial charge < -0.3 is 9.42 Å². The third kappa shape index (κ3) is 3.55. The van der Waals surface area contributed by atoms with Crippen molar-refractivity contribution in [2.75, 3.05) is 39.3 Å². The van der Waals surface area contributed by atoms with Gasteiger partial charge in [-0.15, -0.1) is 0 Å². The smallest absolute Gasteiger partial charge is 0.243 e. The second-order valence-corrected chi connectivity index (χ2v) is 6.64. The van der Waals surface area contributed by atoms with Gasteiger partial charge in [-0.05, 0) is 33.6 Å². The first kappa shape index (κ1) is 16.4. The van der Waals surface area contributed by atoms with Crippen molar-refractivity contribution in [2.45, 2.75) is 45.7 Å². The standard InChI is InChI=1S/C16H27N5O2/c1-12(15-17-14(3)18-23-15)19-8-10-20(11-9-19)13(2)16(22)21-6-4-5-7-21/h12-13H,4-11H2,1-3H3/t12-,13-/m0/s1. The van der Waals surface area contributed by atoms with Gasteiger partial charge in [0.15, 0.2) is 5.82 Å². The van der Waals surface area contributed by atoms with Crippen LogP contribution < -0.4 is 0 Å². The zero-order valence-corrected chi connectivity index (χ0v) is 14.4. The highest BCUT2D eigenvalue weighted by Crippen LogP contribution is 2.21. The molecule has 1 aromatic heterocycles. The Morgan fingerprint density at radius 1 is 1.04 bits per heavy atom. The Bertz CT molecular complexity index is 532. The topological polar surface area (TPSA) is 65.7 Å². The minimum absolute atomic E-state index is 0.0174. The first-order chi connectivity index (χ1) is 11.1. The van der Waals surface area contributed by atoms with Gasteiger partial charge in [-0.25, -0.2) is 0 Å². The van der Waals surface area contributed by atoms with E-state index in [0.717, 1.165) is 52.1 Å². The van der Waals surface area contributed by atoms with Crippen molar-refractivity contribution in [2.24, 2.45) is 0 Å². The van der Waals surface area contributed by atoms with E-state index in [4.69, 9.17) is 4.52 Å². The lowest BCUT2D eigenvalue weighted by Gasteiger charge is -2.39. The maximum atomic E-state index is 12.5. The van der Waals surface area contributed by atoms with Gasteiger partial charge in [0, 0.05) is 39.3 Å². The molecule has 7 heteroatoms. The Balaban J connectivity index is 1.52. The summed E-state index contributed by atoms with van der Waals surface area (Å²) in [5.74, 6) is 1.64. The molecule has 128 valence electrons. The van der Waals surface area contributed by atoms with Gasteiger partial charge >= 0.3 is 0 Å². The average Bonchev–Trinajstić information content (AvgIpc) is 3.24. The zero-order chi connectivity index (χ0) is 16.4. The van der Waals surface area contributed by atoms with Crippen LogP contribution in [0.15, 0.2) is 4.52 Å². The summed E-state index contributed by atoms with van der Waals surface area (Å²) in [7, 11) is 0. The summed E-state index contributed by atoms with van der Waals surface area (Å²) in [6.45, 7) is 11.5. The van der Waals surface area contributed by atoms with E-state index < -0.39 is 0 Å². The molecule has 3 rings (SSSR count). The maximum absolute atomic E-state index is 12.5. The van der Waals surface area contributed by atoms with Crippen LogP contribution in [0.1, 0.15) is 44.4 Å². The molecule has 0 aromatic carbocycles. The molecule has 7 nitrogen and oxygen atoms in total. The van der Waals surface area contributed by atoms with E-state index in [2.05, 4.69) is 26.9 Å². The van der Waals surface area contributed by atoms with E-state index in [1.165, 1.54) is 0 Å². The molecule has 0 bridgehead atoms. The van der Waals surface area contributed by atoms with Crippen LogP contribution in [0.5, 0.6) is 0 Å². The molecule has 2 aliphatic heterocycles. The normalized spacial score (nSPS) is 23.2. The monoisotopic (exact) mass is 321 g/mol. The number of carbonyl (C=O) groups is 1. The van der Waals surface area contributed by atoms with E-state index >= 15 is 0 Å². The minimum atomic E-state index is -0.0174. The van der Waals surface area contributed by atoms with E-state index in [1.807, 2.05) is 18.7 Å². The Hall–Kier alpha value is -1.47. The van der Waals surface area contributed by atoms with Crippen molar-refractivity contribution in [3.8, 4) is 0 Å². The number of aryl methyl sites for hydroxylation is 1. The van der Waals surface area contributed by atoms with Crippen LogP contribution in [-0.4, -0.2) is 76.1 Å². The number of piperazine rings is 1. The second-order valence-electron chi connectivity index (χ2n) is 6.64. The lowest BCUT2D eigenvalue weighted by Crippen LogP contribution is -2.54. The van der Waals surface area contributed by atoms with Gasteiger partial charge in [-0.2, -0.15) is 4.98 Å². The number of amides is 1. The Kier molecular flexibility index (Phi) is 4.96. The number of rotatable bonds is 4. The fourth-order valence-electron chi connectivity index (χ4n) is 3.51. The van der Waals surface area contributed by atoms with Crippen LogP contribution in [0.3, 0.4) is 0 Å². The summed E-state index contributed by atoms with van der Waals surface area (Å²) in [4.78, 5) is 23.5. The summed E-state index contributed by atoms with van der Waals surface area (Å²) >= 11 is 0. The molecule has 0 aliphatic carbocycles. The van der Waals surface area contributed by atoms with Gasteiger partial charge in [0.1, 0.15) is 0 Å². The first-order valence-corrected chi connectivity index (χ1v) is 8.63. The van der Waals surface area contributed by atoms with Gasteiger partial charge in [0.2, 0.25) is 11.8 Å². The highest BCUT2D eigenvalue weighted by Gasteiger charge is 2.32. The fraction of sp³-hybridized carbons (Fsp3) is 0.812. The van der Waals surface area contributed by atoms with Crippen LogP contribution in [0.4, 0.5) is 0 Å². The lowest BCUT2D eigenvalue weighted by atomic mass is 10.1. The number of hydrogen-bond donors (Lipinski definition) is 0. The predicted molar refractivity (Wildman–Crippen MR) is 85.9 cm³/mol. The fourth-order valence-corrected chi connectivity index (χ4v) is 3.51. The van der Waals surface area contributed by atoms with E-state index in [-0.39, 0.29) is 18.0 Å². The molecule has 0 radical (unpaired) electrons. The van der Waals surface area contributed by atoms with Crippen LogP contribution in [-0.2, 0) is 4.79 Å². The summed E-state index contributed by atoms with van der Waals surface area (Å²) < 4.78 is 5.28. The molecule has 2 saturated heterocycles. The molecule has 2 fully saturated rings. The molecule has 1 aromatic rings. The van der Waals surface area contributed by atoms with Gasteiger partial charge in [-0.3, -0.25) is 14.6 Å². The Morgan fingerprint density at radius 2 is 1.65 bits per heavy atom. The summed E-state index contributed by atoms with van der Waals surface area (Å²) in [6, 6.07) is 0.110. The Labute approximate surface area is 137 Å². The van der Waals surface area contributed by atoms with Crippen LogP contribution in [0.25, 0.3) is 0 Å². The van der Waals surface area contributed by atoms with Gasteiger partial charge in [0.05, 0.1) is 12.1 Å². The van der Waals surface area contributed by atoms with Crippen molar-refractivity contribution in [1.82, 2.24) is 24.8 Å². The average molecular weight is 321 g/mol. The molecular weight excluding hydrogens is 294 g/mol. The SMILES string of the molecule is Cc1noc([C@H](C)N2CCN([C@@H](C)C(=O)N3CCCC3)CC2)n1. The number of likely N-dealkylation sites (tertiary alicyclic amines) is 1. The van der Waals surface area contributed by atoms with Crippen molar-refractivity contribution in [3.05, 3.63) is 11.7 Å². The molecule has 3 heterocycles. The number of nitrogens with zero attached hydrogens (tertiary/aromatic N) is 5. The van der Waals surface area contributed by atoms with Crippen molar-refractivity contribution in [3.63, 3.8) is 0 Å². The molecule has 2 aliphatic rings. The molecule has 1 amide bonds. The van der Waals surface area contributed by atoms with Crippen LogP contribution in [0.2, 0.25) is 0 Å². The quantitative estimate of drug-likeness (QED) is 0.826. The molecule has 0 spiro atoms. The maximum Gasteiger partial charge on any atom is 0.243 e. The molecule has 0 N–H and O–H groups in total. The van der Waals surface area contributed by atoms with Crippen molar-refractivity contribution >= 4 is 5.91 Å². The van der Waals surface area contributed by atoms with E-state index in [0.29, 0.717) is 11.7 Å². The minimum Gasteiger partial charge on any atom is -0.341 e. The van der Waals surface area contributed by atoms with Crippen molar-refractivity contribution < 1.29 is 9.32 Å². The van der Waals surface area contributed by atoms with E-state index in [9.17, 15) is 4.79 Å². The first-order valence-electron chi connectivity index (χ1n) is 8.63. The van der Waals surface area contributed by atoms with Gasteiger partial charge in [0.25, 0.3) is 0 Å². The number of carbonyl (C=O) groups excluding carboxylic acids is 1. The highest BCUT2D eigenvalue weighted by atomic mass is 16.5. The molecular formula is C16H27N5O2. The molecule has 2 atom stereocenters. The van der Waals surface area contributed by atoms with Crippen LogP contribution in [0, 0.1) is 6.92 Å². The summed E-state index contributed by atoms with van der Waals surface area (Å²) in [5, 5.41) is 3.87. The second kappa shape index (κ2) is 6.97. The highest BCUT2D eigenvalue weighted by molar-refractivity contribution is 5.81. The largest absolute Gasteiger partial charge is 0.341 e. The lowest BCUT2D eigenvalue weighted by molar-refractivity contribution is -0.136. The molecule has 23 heavy (non-hydrogen) atoms. The summed E-state index contributed by atoms with van der Waals surface area (Å²) in [5.41, 5.74) is 0. The van der Waals surface area contributed by atoms with Crippen molar-refractivity contribution in [1.29, 1.82) is 0 Å². The Morgan fingerprint density at radius 3 is 2.22 bits per heavy atom. The van der Waals surface area contributed by atoms with Crippen LogP contribution >= 0.6 is 0 Å². The number of hydrogen-bond acceptors (Lipinski definition) is 6. The number of aromatic nitrogens is 2. The summed E-state index contributed by atoms with van der Waals surface area (Å²) in [6.07, 6.45) is 2.29. The van der Waals surface area contributed by atoms with E-state index in [1.54, 1.807) is 0 Å². The third-order valence-corrected chi connectivity index (χ3v) is 5.12. The third-order valence-electron chi connectivity index (χ3n) is 5.12.